The molecule has 0 radical (unpaired) electrons. The van der Waals surface area contributed by atoms with Crippen molar-refractivity contribution in [1.29, 1.82) is 0 Å². The van der Waals surface area contributed by atoms with Crippen molar-refractivity contribution in [3.63, 3.8) is 0 Å². The van der Waals surface area contributed by atoms with E-state index < -0.39 is 18.0 Å². The molecule has 1 fully saturated rings. The van der Waals surface area contributed by atoms with E-state index in [1.54, 1.807) is 19.1 Å². The summed E-state index contributed by atoms with van der Waals surface area (Å²) in [5, 5.41) is 12.1. The van der Waals surface area contributed by atoms with E-state index in [4.69, 9.17) is 9.47 Å². The van der Waals surface area contributed by atoms with Crippen molar-refractivity contribution in [2.24, 2.45) is 11.8 Å². The van der Waals surface area contributed by atoms with Crippen LogP contribution in [0.25, 0.3) is 0 Å². The molecular weight excluding hydrogens is 310 g/mol. The van der Waals surface area contributed by atoms with Crippen molar-refractivity contribution in [3.8, 4) is 5.75 Å². The van der Waals surface area contributed by atoms with Crippen LogP contribution in [0.2, 0.25) is 0 Å². The van der Waals surface area contributed by atoms with Gasteiger partial charge >= 0.3 is 5.97 Å². The Balaban J connectivity index is 1.85. The summed E-state index contributed by atoms with van der Waals surface area (Å²) in [4.78, 5) is 23.7. The predicted molar refractivity (Wildman–Crippen MR) is 88.9 cm³/mol. The maximum atomic E-state index is 12.2. The molecular formula is C18H25NO5. The van der Waals surface area contributed by atoms with Crippen molar-refractivity contribution < 1.29 is 24.2 Å². The largest absolute Gasteiger partial charge is 0.481 e. The van der Waals surface area contributed by atoms with Crippen LogP contribution >= 0.6 is 0 Å². The number of aliphatic carboxylic acids is 1. The quantitative estimate of drug-likeness (QED) is 0.796. The fourth-order valence-corrected chi connectivity index (χ4v) is 2.80. The molecule has 132 valence electrons. The van der Waals surface area contributed by atoms with Gasteiger partial charge in [0.2, 0.25) is 0 Å². The molecule has 24 heavy (non-hydrogen) atoms. The third-order valence-corrected chi connectivity index (χ3v) is 4.35. The molecule has 2 unspecified atom stereocenters. The van der Waals surface area contributed by atoms with Crippen LogP contribution in [0.5, 0.6) is 5.75 Å². The van der Waals surface area contributed by atoms with E-state index in [-0.39, 0.29) is 18.4 Å². The molecule has 1 aromatic carbocycles. The van der Waals surface area contributed by atoms with Gasteiger partial charge in [-0.05, 0) is 44.7 Å². The van der Waals surface area contributed by atoms with Crippen LogP contribution in [0.15, 0.2) is 24.3 Å². The van der Waals surface area contributed by atoms with Gasteiger partial charge in [0.05, 0.1) is 5.92 Å². The Morgan fingerprint density at radius 3 is 2.50 bits per heavy atom. The molecule has 1 amide bonds. The first-order valence-electron chi connectivity index (χ1n) is 8.29. The SMILES string of the molecule is Cc1ccc(OC(C)C(=O)NCC(C(=O)O)C2CCOCC2)cc1. The normalized spacial score (nSPS) is 17.8. The number of carbonyl (C=O) groups is 2. The van der Waals surface area contributed by atoms with E-state index in [1.165, 1.54) is 0 Å². The lowest BCUT2D eigenvalue weighted by Gasteiger charge is -2.28. The zero-order valence-electron chi connectivity index (χ0n) is 14.2. The summed E-state index contributed by atoms with van der Waals surface area (Å²) < 4.78 is 10.9. The van der Waals surface area contributed by atoms with E-state index in [0.717, 1.165) is 5.56 Å². The van der Waals surface area contributed by atoms with Gasteiger partial charge < -0.3 is 19.9 Å². The van der Waals surface area contributed by atoms with E-state index in [9.17, 15) is 14.7 Å². The molecule has 2 atom stereocenters. The van der Waals surface area contributed by atoms with Crippen LogP contribution in [0, 0.1) is 18.8 Å². The van der Waals surface area contributed by atoms with E-state index in [1.807, 2.05) is 19.1 Å². The van der Waals surface area contributed by atoms with Gasteiger partial charge in [0.25, 0.3) is 5.91 Å². The second-order valence-corrected chi connectivity index (χ2v) is 6.21. The van der Waals surface area contributed by atoms with Crippen molar-refractivity contribution in [2.75, 3.05) is 19.8 Å². The highest BCUT2D eigenvalue weighted by atomic mass is 16.5. The highest BCUT2D eigenvalue weighted by Gasteiger charge is 2.30. The molecule has 0 spiro atoms. The van der Waals surface area contributed by atoms with Crippen LogP contribution in [-0.4, -0.2) is 42.8 Å². The summed E-state index contributed by atoms with van der Waals surface area (Å²) in [6, 6.07) is 7.43. The van der Waals surface area contributed by atoms with Gasteiger partial charge in [-0.2, -0.15) is 0 Å². The Bertz CT molecular complexity index is 551. The van der Waals surface area contributed by atoms with Gasteiger partial charge in [-0.1, -0.05) is 17.7 Å². The Morgan fingerprint density at radius 1 is 1.29 bits per heavy atom. The lowest BCUT2D eigenvalue weighted by atomic mass is 9.86. The molecule has 1 aliphatic heterocycles. The number of rotatable bonds is 7. The van der Waals surface area contributed by atoms with Gasteiger partial charge in [-0.15, -0.1) is 0 Å². The summed E-state index contributed by atoms with van der Waals surface area (Å²) in [7, 11) is 0. The highest BCUT2D eigenvalue weighted by molar-refractivity contribution is 5.81. The molecule has 1 aliphatic rings. The van der Waals surface area contributed by atoms with Crippen molar-refractivity contribution in [1.82, 2.24) is 5.32 Å². The van der Waals surface area contributed by atoms with Crippen LogP contribution < -0.4 is 10.1 Å². The van der Waals surface area contributed by atoms with Gasteiger partial charge in [0.15, 0.2) is 6.10 Å². The number of carbonyl (C=O) groups excluding carboxylic acids is 1. The third kappa shape index (κ3) is 5.23. The second-order valence-electron chi connectivity index (χ2n) is 6.21. The number of carboxylic acids is 1. The Labute approximate surface area is 142 Å². The fraction of sp³-hybridized carbons (Fsp3) is 0.556. The second kappa shape index (κ2) is 8.68. The molecule has 2 rings (SSSR count). The van der Waals surface area contributed by atoms with E-state index >= 15 is 0 Å². The zero-order chi connectivity index (χ0) is 17.5. The van der Waals surface area contributed by atoms with Gasteiger partial charge in [0.1, 0.15) is 5.75 Å². The van der Waals surface area contributed by atoms with Gasteiger partial charge in [0, 0.05) is 19.8 Å². The first kappa shape index (κ1) is 18.3. The summed E-state index contributed by atoms with van der Waals surface area (Å²) in [5.74, 6) is -1.14. The number of ether oxygens (including phenoxy) is 2. The standard InChI is InChI=1S/C18H25NO5/c1-12-3-5-15(6-4-12)24-13(2)17(20)19-11-16(18(21)22)14-7-9-23-10-8-14/h3-6,13-14,16H,7-11H2,1-2H3,(H,19,20)(H,21,22). The maximum absolute atomic E-state index is 12.2. The van der Waals surface area contributed by atoms with Crippen LogP contribution in [0.4, 0.5) is 0 Å². The van der Waals surface area contributed by atoms with E-state index in [0.29, 0.717) is 31.8 Å². The molecule has 6 heteroatoms. The van der Waals surface area contributed by atoms with Crippen LogP contribution in [-0.2, 0) is 14.3 Å². The highest BCUT2D eigenvalue weighted by Crippen LogP contribution is 2.23. The third-order valence-electron chi connectivity index (χ3n) is 4.35. The molecule has 0 aromatic heterocycles. The van der Waals surface area contributed by atoms with Crippen molar-refractivity contribution >= 4 is 11.9 Å². The number of hydrogen-bond donors (Lipinski definition) is 2. The lowest BCUT2D eigenvalue weighted by Crippen LogP contribution is -2.43. The number of aryl methyl sites for hydroxylation is 1. The maximum Gasteiger partial charge on any atom is 0.308 e. The molecule has 6 nitrogen and oxygen atoms in total. The molecule has 0 saturated carbocycles. The van der Waals surface area contributed by atoms with Crippen molar-refractivity contribution in [3.05, 3.63) is 29.8 Å². The fourth-order valence-electron chi connectivity index (χ4n) is 2.80. The van der Waals surface area contributed by atoms with Crippen LogP contribution in [0.3, 0.4) is 0 Å². The van der Waals surface area contributed by atoms with E-state index in [2.05, 4.69) is 5.32 Å². The number of nitrogens with one attached hydrogen (secondary N) is 1. The summed E-state index contributed by atoms with van der Waals surface area (Å²) in [6.45, 7) is 4.90. The first-order chi connectivity index (χ1) is 11.5. The minimum Gasteiger partial charge on any atom is -0.481 e. The number of carboxylic acid groups (broad SMARTS) is 1. The molecule has 1 heterocycles. The summed E-state index contributed by atoms with van der Waals surface area (Å²) in [5.41, 5.74) is 1.11. The average Bonchev–Trinajstić information content (AvgIpc) is 2.57. The molecule has 0 bridgehead atoms. The summed E-state index contributed by atoms with van der Waals surface area (Å²) in [6.07, 6.45) is 0.738. The minimum absolute atomic E-state index is 0.0323. The minimum atomic E-state index is -0.880. The number of hydrogen-bond acceptors (Lipinski definition) is 4. The zero-order valence-corrected chi connectivity index (χ0v) is 14.2. The Hall–Kier alpha value is -2.08. The van der Waals surface area contributed by atoms with Crippen molar-refractivity contribution in [2.45, 2.75) is 32.8 Å². The number of benzene rings is 1. The molecule has 1 saturated heterocycles. The lowest BCUT2D eigenvalue weighted by molar-refractivity contribution is -0.145. The Morgan fingerprint density at radius 2 is 1.92 bits per heavy atom. The predicted octanol–water partition coefficient (Wildman–Crippen LogP) is 2.01. The molecule has 2 N–H and O–H groups in total. The smallest absolute Gasteiger partial charge is 0.308 e. The number of amides is 1. The Kier molecular flexibility index (Phi) is 6.61. The molecule has 1 aromatic rings. The van der Waals surface area contributed by atoms with Crippen LogP contribution in [0.1, 0.15) is 25.3 Å². The van der Waals surface area contributed by atoms with Gasteiger partial charge in [-0.25, -0.2) is 0 Å². The monoisotopic (exact) mass is 335 g/mol. The molecule has 0 aliphatic carbocycles. The average molecular weight is 335 g/mol. The van der Waals surface area contributed by atoms with Gasteiger partial charge in [-0.3, -0.25) is 9.59 Å². The first-order valence-corrected chi connectivity index (χ1v) is 8.29. The summed E-state index contributed by atoms with van der Waals surface area (Å²) >= 11 is 0. The topological polar surface area (TPSA) is 84.9 Å².